The topological polar surface area (TPSA) is 66.1 Å². The minimum absolute atomic E-state index is 0.0727. The second kappa shape index (κ2) is 5.44. The second-order valence-electron chi connectivity index (χ2n) is 5.12. The monoisotopic (exact) mass is 325 g/mol. The van der Waals surface area contributed by atoms with Crippen LogP contribution in [0.5, 0.6) is 0 Å². The summed E-state index contributed by atoms with van der Waals surface area (Å²) < 4.78 is 27.2. The molecular weight excluding hydrogens is 310 g/mol. The molecule has 0 saturated heterocycles. The first-order valence-corrected chi connectivity index (χ1v) is 8.68. The Kier molecular flexibility index (Phi) is 3.77. The van der Waals surface area contributed by atoms with Crippen molar-refractivity contribution in [3.05, 3.63) is 46.8 Å². The summed E-state index contributed by atoms with van der Waals surface area (Å²) in [5.41, 5.74) is 3.18. The van der Waals surface area contributed by atoms with Crippen molar-refractivity contribution in [1.82, 2.24) is 14.5 Å². The Labute approximate surface area is 129 Å². The molecule has 0 bridgehead atoms. The van der Waals surface area contributed by atoms with Gasteiger partial charge >= 0.3 is 0 Å². The molecule has 0 unspecified atom stereocenters. The average molecular weight is 326 g/mol. The number of fused-ring (bicyclic) bond motifs is 1. The van der Waals surface area contributed by atoms with Crippen molar-refractivity contribution in [3.63, 3.8) is 0 Å². The summed E-state index contributed by atoms with van der Waals surface area (Å²) in [6.45, 7) is 2.57. The van der Waals surface area contributed by atoms with Gasteiger partial charge in [-0.3, -0.25) is 5.10 Å². The summed E-state index contributed by atoms with van der Waals surface area (Å²) in [5, 5.41) is 6.69. The van der Waals surface area contributed by atoms with Crippen LogP contribution in [0.15, 0.2) is 29.2 Å². The minimum atomic E-state index is -3.58. The summed E-state index contributed by atoms with van der Waals surface area (Å²) in [6, 6.07) is 7.94. The van der Waals surface area contributed by atoms with Crippen molar-refractivity contribution in [2.24, 2.45) is 0 Å². The number of rotatable bonds is 3. The van der Waals surface area contributed by atoms with Crippen LogP contribution < -0.4 is 0 Å². The number of nitrogens with zero attached hydrogens (tertiary/aromatic N) is 2. The maximum atomic E-state index is 12.9. The van der Waals surface area contributed by atoms with Crippen molar-refractivity contribution in [2.75, 3.05) is 6.54 Å². The molecule has 0 spiro atoms. The van der Waals surface area contributed by atoms with Gasteiger partial charge in [0.05, 0.1) is 17.3 Å². The van der Waals surface area contributed by atoms with Gasteiger partial charge in [-0.25, -0.2) is 8.42 Å². The van der Waals surface area contributed by atoms with E-state index in [4.69, 9.17) is 11.6 Å². The minimum Gasteiger partial charge on any atom is -0.281 e. The van der Waals surface area contributed by atoms with Gasteiger partial charge in [0.1, 0.15) is 4.90 Å². The molecule has 0 saturated carbocycles. The maximum Gasteiger partial charge on any atom is 0.247 e. The van der Waals surface area contributed by atoms with E-state index < -0.39 is 10.0 Å². The van der Waals surface area contributed by atoms with E-state index >= 15 is 0 Å². The van der Waals surface area contributed by atoms with Crippen LogP contribution in [0.4, 0.5) is 0 Å². The molecule has 112 valence electrons. The molecule has 1 N–H and O–H groups in total. The molecule has 2 heterocycles. The lowest BCUT2D eigenvalue weighted by Gasteiger charge is -2.28. The van der Waals surface area contributed by atoms with E-state index in [-0.39, 0.29) is 10.8 Å². The van der Waals surface area contributed by atoms with Crippen LogP contribution in [0.25, 0.3) is 0 Å². The lowest BCUT2D eigenvalue weighted by Crippen LogP contribution is -2.36. The van der Waals surface area contributed by atoms with Crippen LogP contribution in [0.1, 0.15) is 22.5 Å². The van der Waals surface area contributed by atoms with Crippen LogP contribution >= 0.6 is 11.6 Å². The van der Waals surface area contributed by atoms with Crippen LogP contribution in [-0.2, 0) is 28.9 Å². The summed E-state index contributed by atoms with van der Waals surface area (Å²) in [4.78, 5) is 0.219. The van der Waals surface area contributed by atoms with Gasteiger partial charge in [-0.1, -0.05) is 24.3 Å². The smallest absolute Gasteiger partial charge is 0.247 e. The summed E-state index contributed by atoms with van der Waals surface area (Å²) in [7, 11) is -3.58. The lowest BCUT2D eigenvalue weighted by atomic mass is 10.0. The zero-order chi connectivity index (χ0) is 15.0. The van der Waals surface area contributed by atoms with Crippen LogP contribution in [0.2, 0.25) is 0 Å². The van der Waals surface area contributed by atoms with Gasteiger partial charge in [-0.15, -0.1) is 11.6 Å². The molecule has 0 radical (unpaired) electrons. The van der Waals surface area contributed by atoms with E-state index in [0.717, 1.165) is 12.0 Å². The van der Waals surface area contributed by atoms with Crippen molar-refractivity contribution >= 4 is 21.6 Å². The molecule has 7 heteroatoms. The number of aromatic nitrogens is 2. The molecule has 1 aromatic heterocycles. The first kappa shape index (κ1) is 14.6. The van der Waals surface area contributed by atoms with Crippen molar-refractivity contribution in [1.29, 1.82) is 0 Å². The molecule has 3 rings (SSSR count). The van der Waals surface area contributed by atoms with Crippen LogP contribution in [0, 0.1) is 6.92 Å². The third-order valence-electron chi connectivity index (χ3n) is 3.78. The van der Waals surface area contributed by atoms with Crippen molar-refractivity contribution < 1.29 is 8.42 Å². The fourth-order valence-electron chi connectivity index (χ4n) is 2.71. The van der Waals surface area contributed by atoms with E-state index in [1.54, 1.807) is 6.92 Å². The highest BCUT2D eigenvalue weighted by molar-refractivity contribution is 7.89. The number of benzene rings is 1. The van der Waals surface area contributed by atoms with Gasteiger partial charge in [-0.05, 0) is 24.5 Å². The number of hydrogen-bond acceptors (Lipinski definition) is 3. The summed E-state index contributed by atoms with van der Waals surface area (Å²) >= 11 is 5.81. The van der Waals surface area contributed by atoms with E-state index in [1.165, 1.54) is 9.87 Å². The Balaban J connectivity index is 1.99. The second-order valence-corrected chi connectivity index (χ2v) is 7.26. The number of alkyl halides is 1. The standard InChI is InChI=1S/C14H16ClN3O2S/c1-10-14(13(8-15)17-16-10)21(19,20)18-7-6-11-4-2-3-5-12(11)9-18/h2-5H,6-9H2,1H3,(H,16,17). The molecule has 1 aromatic carbocycles. The number of halogens is 1. The molecule has 0 aliphatic carbocycles. The third kappa shape index (κ3) is 2.47. The number of aryl methyl sites for hydroxylation is 1. The number of hydrogen-bond donors (Lipinski definition) is 1. The number of H-pyrrole nitrogens is 1. The summed E-state index contributed by atoms with van der Waals surface area (Å²) in [5.74, 6) is 0.0727. The van der Waals surface area contributed by atoms with Crippen molar-refractivity contribution in [3.8, 4) is 0 Å². The average Bonchev–Trinajstić information content (AvgIpc) is 2.88. The number of nitrogens with one attached hydrogen (secondary N) is 1. The quantitative estimate of drug-likeness (QED) is 0.880. The Bertz CT molecular complexity index is 770. The number of sulfonamides is 1. The van der Waals surface area contributed by atoms with Gasteiger partial charge in [0.15, 0.2) is 0 Å². The van der Waals surface area contributed by atoms with E-state index in [9.17, 15) is 8.42 Å². The predicted octanol–water partition coefficient (Wildman–Crippen LogP) is 2.20. The molecular formula is C14H16ClN3O2S. The zero-order valence-corrected chi connectivity index (χ0v) is 13.2. The van der Waals surface area contributed by atoms with Crippen molar-refractivity contribution in [2.45, 2.75) is 30.7 Å². The van der Waals surface area contributed by atoms with Gasteiger partial charge in [0.2, 0.25) is 10.0 Å². The zero-order valence-electron chi connectivity index (χ0n) is 11.6. The molecule has 5 nitrogen and oxygen atoms in total. The Morgan fingerprint density at radius 3 is 2.76 bits per heavy atom. The normalized spacial score (nSPS) is 15.9. The fraction of sp³-hybridized carbons (Fsp3) is 0.357. The number of aromatic amines is 1. The largest absolute Gasteiger partial charge is 0.281 e. The Morgan fingerprint density at radius 2 is 2.05 bits per heavy atom. The molecule has 2 aromatic rings. The highest BCUT2D eigenvalue weighted by atomic mass is 35.5. The molecule has 1 aliphatic rings. The molecule has 0 atom stereocenters. The van der Waals surface area contributed by atoms with Gasteiger partial charge in [-0.2, -0.15) is 9.40 Å². The molecule has 0 fully saturated rings. The van der Waals surface area contributed by atoms with Crippen LogP contribution in [0.3, 0.4) is 0 Å². The first-order valence-electron chi connectivity index (χ1n) is 6.70. The fourth-order valence-corrected chi connectivity index (χ4v) is 4.73. The predicted molar refractivity (Wildman–Crippen MR) is 80.6 cm³/mol. The first-order chi connectivity index (χ1) is 10.0. The third-order valence-corrected chi connectivity index (χ3v) is 6.08. The van der Waals surface area contributed by atoms with Crippen LogP contribution in [-0.4, -0.2) is 29.5 Å². The highest BCUT2D eigenvalue weighted by Gasteiger charge is 2.32. The summed E-state index contributed by atoms with van der Waals surface area (Å²) in [6.07, 6.45) is 0.725. The maximum absolute atomic E-state index is 12.9. The van der Waals surface area contributed by atoms with E-state index in [2.05, 4.69) is 10.2 Å². The Hall–Kier alpha value is -1.37. The Morgan fingerprint density at radius 1 is 1.33 bits per heavy atom. The van der Waals surface area contributed by atoms with Gasteiger partial charge in [0, 0.05) is 13.1 Å². The molecule has 1 aliphatic heterocycles. The molecule has 21 heavy (non-hydrogen) atoms. The van der Waals surface area contributed by atoms with Gasteiger partial charge < -0.3 is 0 Å². The van der Waals surface area contributed by atoms with E-state index in [1.807, 2.05) is 24.3 Å². The highest BCUT2D eigenvalue weighted by Crippen LogP contribution is 2.28. The molecule has 0 amide bonds. The van der Waals surface area contributed by atoms with Gasteiger partial charge in [0.25, 0.3) is 0 Å². The lowest BCUT2D eigenvalue weighted by molar-refractivity contribution is 0.391. The van der Waals surface area contributed by atoms with E-state index in [0.29, 0.717) is 24.5 Å². The SMILES string of the molecule is Cc1[nH]nc(CCl)c1S(=O)(=O)N1CCc2ccccc2C1.